The molecule has 4 heterocycles. The quantitative estimate of drug-likeness (QED) is 0.211. The van der Waals surface area contributed by atoms with Crippen molar-refractivity contribution in [1.29, 1.82) is 0 Å². The number of nitrogens with zero attached hydrogens (tertiary/aromatic N) is 7. The molecule has 3 N–H and O–H groups in total. The summed E-state index contributed by atoms with van der Waals surface area (Å²) in [4.78, 5) is 32.4. The Morgan fingerprint density at radius 1 is 1.09 bits per heavy atom. The van der Waals surface area contributed by atoms with Crippen molar-refractivity contribution < 1.29 is 23.1 Å². The lowest BCUT2D eigenvalue weighted by Gasteiger charge is -2.45. The fourth-order valence-electron chi connectivity index (χ4n) is 6.02. The van der Waals surface area contributed by atoms with E-state index >= 15 is 0 Å². The number of carbonyl (C=O) groups is 1. The highest BCUT2D eigenvalue weighted by Crippen LogP contribution is 2.35. The summed E-state index contributed by atoms with van der Waals surface area (Å²) in [6, 6.07) is 2.35. The van der Waals surface area contributed by atoms with Crippen molar-refractivity contribution in [3.63, 3.8) is 0 Å². The van der Waals surface area contributed by atoms with Gasteiger partial charge >= 0.3 is 0 Å². The molecule has 1 saturated heterocycles. The summed E-state index contributed by atoms with van der Waals surface area (Å²) in [5.41, 5.74) is -0.439. The lowest BCUT2D eigenvalue weighted by Crippen LogP contribution is -2.60. The number of nitrogens with one attached hydrogen (secondary N) is 2. The number of benzene rings is 1. The van der Waals surface area contributed by atoms with Crippen LogP contribution in [0.15, 0.2) is 49.3 Å². The SMILES string of the molecule is CC(c1cnc(N2CC[C@H]2[C@@H](C)N[C@@H]2CCC[C@H]2O)nc1)n1cc(NC(=O)c2cncc(-c3c(C(F)F)ccc(Cl)c3F)n2)cn1. The number of aliphatic hydroxyl groups excluding tert-OH is 1. The maximum absolute atomic E-state index is 14.8. The molecule has 0 spiro atoms. The minimum atomic E-state index is -2.99. The summed E-state index contributed by atoms with van der Waals surface area (Å²) in [5, 5.41) is 20.4. The van der Waals surface area contributed by atoms with Gasteiger partial charge < -0.3 is 20.6 Å². The number of anilines is 2. The molecule has 15 heteroatoms. The molecule has 11 nitrogen and oxygen atoms in total. The molecule has 0 bridgehead atoms. The maximum atomic E-state index is 14.8. The minimum Gasteiger partial charge on any atom is -0.392 e. The summed E-state index contributed by atoms with van der Waals surface area (Å²) in [6.45, 7) is 4.91. The zero-order chi connectivity index (χ0) is 32.5. The van der Waals surface area contributed by atoms with Gasteiger partial charge in [-0.2, -0.15) is 5.10 Å². The van der Waals surface area contributed by atoms with Crippen molar-refractivity contribution in [2.75, 3.05) is 16.8 Å². The van der Waals surface area contributed by atoms with Crippen LogP contribution in [-0.2, 0) is 0 Å². The van der Waals surface area contributed by atoms with Crippen molar-refractivity contribution in [1.82, 2.24) is 35.0 Å². The van der Waals surface area contributed by atoms with E-state index < -0.39 is 29.3 Å². The van der Waals surface area contributed by atoms with E-state index in [4.69, 9.17) is 11.6 Å². The summed E-state index contributed by atoms with van der Waals surface area (Å²) in [7, 11) is 0. The summed E-state index contributed by atoms with van der Waals surface area (Å²) in [6.07, 6.45) is 9.41. The number of rotatable bonds is 10. The van der Waals surface area contributed by atoms with Crippen LogP contribution < -0.4 is 15.5 Å². The van der Waals surface area contributed by atoms with Gasteiger partial charge in [0.2, 0.25) is 5.95 Å². The highest BCUT2D eigenvalue weighted by molar-refractivity contribution is 6.31. The molecule has 1 unspecified atom stereocenters. The molecular formula is C31H33ClF3N9O2. The topological polar surface area (TPSA) is 134 Å². The average molecular weight is 656 g/mol. The number of hydrogen-bond donors (Lipinski definition) is 3. The van der Waals surface area contributed by atoms with Gasteiger partial charge in [0.05, 0.1) is 47.1 Å². The second-order valence-corrected chi connectivity index (χ2v) is 12.1. The summed E-state index contributed by atoms with van der Waals surface area (Å²) >= 11 is 5.82. The van der Waals surface area contributed by atoms with Crippen molar-refractivity contribution in [2.24, 2.45) is 0 Å². The lowest BCUT2D eigenvalue weighted by molar-refractivity contribution is 0.102. The molecule has 4 aromatic rings. The largest absolute Gasteiger partial charge is 0.392 e. The summed E-state index contributed by atoms with van der Waals surface area (Å²) < 4.78 is 43.6. The molecule has 242 valence electrons. The predicted octanol–water partition coefficient (Wildman–Crippen LogP) is 5.19. The third kappa shape index (κ3) is 6.42. The second kappa shape index (κ2) is 13.3. The van der Waals surface area contributed by atoms with Crippen LogP contribution in [0.5, 0.6) is 0 Å². The highest BCUT2D eigenvalue weighted by atomic mass is 35.5. The molecule has 2 fully saturated rings. The van der Waals surface area contributed by atoms with Crippen molar-refractivity contribution >= 4 is 29.1 Å². The monoisotopic (exact) mass is 655 g/mol. The van der Waals surface area contributed by atoms with Gasteiger partial charge in [-0.3, -0.25) is 14.5 Å². The number of alkyl halides is 2. The minimum absolute atomic E-state index is 0.128. The zero-order valence-electron chi connectivity index (χ0n) is 25.1. The molecule has 6 rings (SSSR count). The summed E-state index contributed by atoms with van der Waals surface area (Å²) in [5.74, 6) is -1.12. The molecule has 2 aliphatic rings. The number of amides is 1. The molecular weight excluding hydrogens is 623 g/mol. The smallest absolute Gasteiger partial charge is 0.275 e. The first-order chi connectivity index (χ1) is 22.1. The molecule has 1 aliphatic carbocycles. The fraction of sp³-hybridized carbons (Fsp3) is 0.419. The van der Waals surface area contributed by atoms with Crippen LogP contribution in [0.1, 0.15) is 73.6 Å². The van der Waals surface area contributed by atoms with E-state index in [1.54, 1.807) is 23.3 Å². The van der Waals surface area contributed by atoms with Gasteiger partial charge in [0.1, 0.15) is 5.69 Å². The molecule has 1 aliphatic heterocycles. The zero-order valence-corrected chi connectivity index (χ0v) is 25.9. The second-order valence-electron chi connectivity index (χ2n) is 11.7. The van der Waals surface area contributed by atoms with Crippen molar-refractivity contribution in [2.45, 2.75) is 76.2 Å². The van der Waals surface area contributed by atoms with Crippen LogP contribution in [0.2, 0.25) is 5.02 Å². The molecule has 1 aromatic carbocycles. The van der Waals surface area contributed by atoms with E-state index in [1.165, 1.54) is 6.20 Å². The third-order valence-corrected chi connectivity index (χ3v) is 9.03. The number of hydrogen-bond acceptors (Lipinski definition) is 9. The van der Waals surface area contributed by atoms with Crippen LogP contribution >= 0.6 is 11.6 Å². The molecule has 1 saturated carbocycles. The lowest BCUT2D eigenvalue weighted by atomic mass is 9.95. The molecule has 1 amide bonds. The number of halogens is 4. The van der Waals surface area contributed by atoms with E-state index in [0.717, 1.165) is 62.3 Å². The van der Waals surface area contributed by atoms with Gasteiger partial charge in [-0.25, -0.2) is 28.1 Å². The van der Waals surface area contributed by atoms with Gasteiger partial charge in [0.25, 0.3) is 12.3 Å². The fourth-order valence-corrected chi connectivity index (χ4v) is 6.18. The van der Waals surface area contributed by atoms with Gasteiger partial charge in [-0.15, -0.1) is 0 Å². The number of aliphatic hydroxyl groups is 1. The van der Waals surface area contributed by atoms with E-state index in [0.29, 0.717) is 11.6 Å². The standard InChI is InChI=1S/C31H33ClF3N9O2/c1-16(40-22-4-3-5-26(22)45)25-8-9-43(25)31-37-10-18(11-38-31)17(2)44-15-19(12-39-44)41-30(46)24-14-36-13-23(42-24)27-20(29(34)35)6-7-21(32)28(27)33/h6-7,10-17,22,25-26,29,40,45H,3-5,8-9H2,1-2H3,(H,41,46)/t16-,17?,22-,25+,26-/m1/s1. The number of carbonyl (C=O) groups excluding carboxylic acids is 1. The third-order valence-electron chi connectivity index (χ3n) is 8.74. The first-order valence-electron chi connectivity index (χ1n) is 15.1. The van der Waals surface area contributed by atoms with Crippen LogP contribution in [-0.4, -0.2) is 71.5 Å². The maximum Gasteiger partial charge on any atom is 0.275 e. The Kier molecular flexibility index (Phi) is 9.20. The van der Waals surface area contributed by atoms with E-state index in [-0.39, 0.29) is 46.7 Å². The van der Waals surface area contributed by atoms with Gasteiger partial charge in [-0.1, -0.05) is 17.7 Å². The Morgan fingerprint density at radius 2 is 1.87 bits per heavy atom. The van der Waals surface area contributed by atoms with Crippen LogP contribution in [0.4, 0.5) is 24.8 Å². The Morgan fingerprint density at radius 3 is 2.54 bits per heavy atom. The normalized spacial score (nSPS) is 20.9. The Hall–Kier alpha value is -4.14. The van der Waals surface area contributed by atoms with Gasteiger partial charge in [-0.05, 0) is 45.6 Å². The van der Waals surface area contributed by atoms with Crippen LogP contribution in [0, 0.1) is 5.82 Å². The predicted molar refractivity (Wildman–Crippen MR) is 165 cm³/mol. The van der Waals surface area contributed by atoms with Crippen molar-refractivity contribution in [3.05, 3.63) is 77.0 Å². The van der Waals surface area contributed by atoms with Gasteiger partial charge in [0, 0.05) is 60.0 Å². The Bertz CT molecular complexity index is 1710. The molecule has 3 aromatic heterocycles. The van der Waals surface area contributed by atoms with Crippen LogP contribution in [0.3, 0.4) is 0 Å². The molecule has 0 radical (unpaired) electrons. The first-order valence-corrected chi connectivity index (χ1v) is 15.4. The van der Waals surface area contributed by atoms with Crippen molar-refractivity contribution in [3.8, 4) is 11.3 Å². The molecule has 46 heavy (non-hydrogen) atoms. The first kappa shape index (κ1) is 31.8. The Balaban J connectivity index is 1.10. The van der Waals surface area contributed by atoms with E-state index in [9.17, 15) is 23.1 Å². The van der Waals surface area contributed by atoms with E-state index in [1.807, 2.05) is 6.92 Å². The van der Waals surface area contributed by atoms with Crippen LogP contribution in [0.25, 0.3) is 11.3 Å². The molecule has 5 atom stereocenters. The van der Waals surface area contributed by atoms with E-state index in [2.05, 4.69) is 47.5 Å². The average Bonchev–Trinajstić information content (AvgIpc) is 3.66. The Labute approximate surface area is 268 Å². The number of aromatic nitrogens is 6. The highest BCUT2D eigenvalue weighted by Gasteiger charge is 2.37. The van der Waals surface area contributed by atoms with Gasteiger partial charge in [0.15, 0.2) is 5.82 Å².